The third-order valence-corrected chi connectivity index (χ3v) is 6.20. The second-order valence-electron chi connectivity index (χ2n) is 7.03. The summed E-state index contributed by atoms with van der Waals surface area (Å²) in [5.41, 5.74) is 1.83. The lowest BCUT2D eigenvalue weighted by atomic mass is 10.0. The van der Waals surface area contributed by atoms with Gasteiger partial charge in [-0.15, -0.1) is 4.83 Å². The van der Waals surface area contributed by atoms with Gasteiger partial charge in [0.05, 0.1) is 15.4 Å². The summed E-state index contributed by atoms with van der Waals surface area (Å²) < 4.78 is 26.0. The highest BCUT2D eigenvalue weighted by Gasteiger charge is 2.36. The van der Waals surface area contributed by atoms with Crippen molar-refractivity contribution in [1.82, 2.24) is 9.84 Å². The van der Waals surface area contributed by atoms with E-state index in [1.54, 1.807) is 42.5 Å². The molecule has 0 spiro atoms. The normalized spacial score (nSPS) is 15.8. The standard InChI is InChI=1S/C21H18N4O5S/c1-14-9-11-17(12-10-14)31(29,30)23-24-20(15-5-4-6-16(13-15)25(27)28)22-19-8-3-2-7-18(19)21(24)26/h2-13,20,22-23H,1H3/t20-/m1/s1. The number of fused-ring (bicyclic) bond motifs is 1. The van der Waals surface area contributed by atoms with Gasteiger partial charge >= 0.3 is 0 Å². The molecule has 4 rings (SSSR count). The Labute approximate surface area is 178 Å². The molecule has 0 radical (unpaired) electrons. The molecule has 9 nitrogen and oxygen atoms in total. The number of benzene rings is 3. The highest BCUT2D eigenvalue weighted by atomic mass is 32.2. The minimum Gasteiger partial charge on any atom is -0.360 e. The Morgan fingerprint density at radius 1 is 1.03 bits per heavy atom. The molecule has 0 bridgehead atoms. The highest BCUT2D eigenvalue weighted by Crippen LogP contribution is 2.33. The highest BCUT2D eigenvalue weighted by molar-refractivity contribution is 7.89. The molecular formula is C21H18N4O5S. The van der Waals surface area contributed by atoms with E-state index < -0.39 is 27.0 Å². The number of carbonyl (C=O) groups excluding carboxylic acids is 1. The first-order valence-corrected chi connectivity index (χ1v) is 10.8. The van der Waals surface area contributed by atoms with Crippen molar-refractivity contribution in [2.24, 2.45) is 0 Å². The first kappa shape index (κ1) is 20.5. The number of hydrazine groups is 1. The fourth-order valence-corrected chi connectivity index (χ4v) is 4.34. The van der Waals surface area contributed by atoms with Crippen molar-refractivity contribution >= 4 is 27.3 Å². The molecule has 0 unspecified atom stereocenters. The Morgan fingerprint density at radius 3 is 2.45 bits per heavy atom. The number of nitro groups is 1. The van der Waals surface area contributed by atoms with Crippen LogP contribution in [0.25, 0.3) is 0 Å². The van der Waals surface area contributed by atoms with Gasteiger partial charge in [0.1, 0.15) is 6.17 Å². The smallest absolute Gasteiger partial charge is 0.273 e. The van der Waals surface area contributed by atoms with Gasteiger partial charge in [0, 0.05) is 23.4 Å². The van der Waals surface area contributed by atoms with E-state index in [4.69, 9.17) is 0 Å². The molecule has 1 aliphatic rings. The van der Waals surface area contributed by atoms with Crippen molar-refractivity contribution in [3.05, 3.63) is 99.6 Å². The Bertz CT molecular complexity index is 1270. The van der Waals surface area contributed by atoms with E-state index in [0.29, 0.717) is 11.3 Å². The zero-order valence-electron chi connectivity index (χ0n) is 16.3. The largest absolute Gasteiger partial charge is 0.360 e. The van der Waals surface area contributed by atoms with Crippen molar-refractivity contribution in [2.75, 3.05) is 5.32 Å². The van der Waals surface area contributed by atoms with Gasteiger partial charge in [0.15, 0.2) is 0 Å². The van der Waals surface area contributed by atoms with E-state index in [1.165, 1.54) is 30.3 Å². The van der Waals surface area contributed by atoms with Crippen LogP contribution in [0.15, 0.2) is 77.7 Å². The monoisotopic (exact) mass is 438 g/mol. The molecule has 31 heavy (non-hydrogen) atoms. The van der Waals surface area contributed by atoms with E-state index in [2.05, 4.69) is 10.1 Å². The van der Waals surface area contributed by atoms with Crippen LogP contribution >= 0.6 is 0 Å². The molecule has 2 N–H and O–H groups in total. The van der Waals surface area contributed by atoms with Crippen LogP contribution in [0.4, 0.5) is 11.4 Å². The van der Waals surface area contributed by atoms with Crippen LogP contribution in [-0.4, -0.2) is 24.3 Å². The molecule has 158 valence electrons. The number of rotatable bonds is 5. The number of para-hydroxylation sites is 1. The Kier molecular flexibility index (Phi) is 5.17. The molecule has 0 aromatic heterocycles. The zero-order valence-corrected chi connectivity index (χ0v) is 17.2. The van der Waals surface area contributed by atoms with Gasteiger partial charge in [-0.1, -0.05) is 42.0 Å². The van der Waals surface area contributed by atoms with E-state index in [0.717, 1.165) is 10.6 Å². The van der Waals surface area contributed by atoms with Crippen molar-refractivity contribution in [2.45, 2.75) is 18.0 Å². The minimum absolute atomic E-state index is 0.0115. The third kappa shape index (κ3) is 3.98. The molecule has 0 saturated heterocycles. The molecule has 0 saturated carbocycles. The summed E-state index contributed by atoms with van der Waals surface area (Å²) in [6.07, 6.45) is -0.998. The van der Waals surface area contributed by atoms with Crippen LogP contribution in [0.1, 0.15) is 27.7 Å². The number of nitrogens with one attached hydrogen (secondary N) is 2. The summed E-state index contributed by atoms with van der Waals surface area (Å²) in [5.74, 6) is -0.582. The molecule has 1 atom stereocenters. The zero-order chi connectivity index (χ0) is 22.2. The summed E-state index contributed by atoms with van der Waals surface area (Å²) in [5, 5.41) is 15.3. The quantitative estimate of drug-likeness (QED) is 0.465. The van der Waals surface area contributed by atoms with Crippen LogP contribution in [-0.2, 0) is 10.0 Å². The maximum absolute atomic E-state index is 13.2. The number of aryl methyl sites for hydroxylation is 1. The second kappa shape index (κ2) is 7.82. The Morgan fingerprint density at radius 2 is 1.74 bits per heavy atom. The van der Waals surface area contributed by atoms with E-state index in [9.17, 15) is 23.3 Å². The van der Waals surface area contributed by atoms with Crippen LogP contribution in [0.3, 0.4) is 0 Å². The van der Waals surface area contributed by atoms with Gasteiger partial charge in [0.2, 0.25) is 0 Å². The van der Waals surface area contributed by atoms with Crippen LogP contribution < -0.4 is 10.1 Å². The summed E-state index contributed by atoms with van der Waals surface area (Å²) >= 11 is 0. The van der Waals surface area contributed by atoms with Gasteiger partial charge in [-0.3, -0.25) is 14.9 Å². The Hall–Kier alpha value is -3.76. The molecule has 1 amide bonds. The van der Waals surface area contributed by atoms with Gasteiger partial charge in [-0.25, -0.2) is 13.4 Å². The summed E-state index contributed by atoms with van der Waals surface area (Å²) in [4.78, 5) is 26.2. The minimum atomic E-state index is -4.10. The summed E-state index contributed by atoms with van der Waals surface area (Å²) in [6, 6.07) is 18.5. The molecule has 3 aromatic carbocycles. The number of hydrogen-bond acceptors (Lipinski definition) is 6. The van der Waals surface area contributed by atoms with Gasteiger partial charge < -0.3 is 5.32 Å². The third-order valence-electron chi connectivity index (χ3n) is 4.87. The van der Waals surface area contributed by atoms with Gasteiger partial charge in [-0.2, -0.15) is 0 Å². The average molecular weight is 438 g/mol. The van der Waals surface area contributed by atoms with E-state index in [1.807, 2.05) is 6.92 Å². The van der Waals surface area contributed by atoms with Gasteiger partial charge in [0.25, 0.3) is 21.6 Å². The first-order chi connectivity index (χ1) is 14.8. The fraction of sp³-hybridized carbons (Fsp3) is 0.0952. The van der Waals surface area contributed by atoms with Crippen molar-refractivity contribution in [1.29, 1.82) is 0 Å². The predicted octanol–water partition coefficient (Wildman–Crippen LogP) is 3.36. The molecule has 0 aliphatic carbocycles. The maximum Gasteiger partial charge on any atom is 0.273 e. The van der Waals surface area contributed by atoms with Crippen LogP contribution in [0.2, 0.25) is 0 Å². The predicted molar refractivity (Wildman–Crippen MR) is 114 cm³/mol. The number of carbonyl (C=O) groups is 1. The summed E-state index contributed by atoms with van der Waals surface area (Å²) in [6.45, 7) is 1.83. The SMILES string of the molecule is Cc1ccc(S(=O)(=O)NN2C(=O)c3ccccc3N[C@H]2c2cccc([N+](=O)[O-])c2)cc1. The topological polar surface area (TPSA) is 122 Å². The molecule has 1 heterocycles. The number of non-ortho nitro benzene ring substituents is 1. The first-order valence-electron chi connectivity index (χ1n) is 9.29. The number of nitro benzene ring substituents is 1. The number of sulfonamides is 1. The number of nitrogens with zero attached hydrogens (tertiary/aromatic N) is 2. The lowest BCUT2D eigenvalue weighted by Crippen LogP contribution is -2.52. The lowest BCUT2D eigenvalue weighted by Gasteiger charge is -2.37. The van der Waals surface area contributed by atoms with Crippen LogP contribution in [0, 0.1) is 17.0 Å². The van der Waals surface area contributed by atoms with E-state index in [-0.39, 0.29) is 16.1 Å². The average Bonchev–Trinajstić information content (AvgIpc) is 2.76. The second-order valence-corrected chi connectivity index (χ2v) is 8.69. The molecule has 3 aromatic rings. The van der Waals surface area contributed by atoms with Gasteiger partial charge in [-0.05, 0) is 31.2 Å². The van der Waals surface area contributed by atoms with Crippen LogP contribution in [0.5, 0.6) is 0 Å². The number of amides is 1. The molecule has 10 heteroatoms. The maximum atomic E-state index is 13.2. The van der Waals surface area contributed by atoms with Crippen molar-refractivity contribution in [3.8, 4) is 0 Å². The molecule has 0 fully saturated rings. The number of hydrogen-bond donors (Lipinski definition) is 2. The molecular weight excluding hydrogens is 420 g/mol. The molecule has 1 aliphatic heterocycles. The van der Waals surface area contributed by atoms with Crippen molar-refractivity contribution in [3.63, 3.8) is 0 Å². The Balaban J connectivity index is 1.78. The van der Waals surface area contributed by atoms with Crippen molar-refractivity contribution < 1.29 is 18.1 Å². The fourth-order valence-electron chi connectivity index (χ4n) is 3.29. The number of anilines is 1. The van der Waals surface area contributed by atoms with E-state index >= 15 is 0 Å². The lowest BCUT2D eigenvalue weighted by molar-refractivity contribution is -0.384. The summed E-state index contributed by atoms with van der Waals surface area (Å²) in [7, 11) is -4.10.